The maximum atomic E-state index is 12.3. The Labute approximate surface area is 153 Å². The zero-order chi connectivity index (χ0) is 18.5. The van der Waals surface area contributed by atoms with Crippen molar-refractivity contribution < 1.29 is 19.1 Å². The minimum Gasteiger partial charge on any atom is -0.497 e. The van der Waals surface area contributed by atoms with Crippen molar-refractivity contribution in [1.82, 2.24) is 5.32 Å². The molecule has 1 amide bonds. The average Bonchev–Trinajstić information content (AvgIpc) is 2.66. The van der Waals surface area contributed by atoms with Crippen molar-refractivity contribution in [3.05, 3.63) is 59.2 Å². The first-order valence-corrected chi connectivity index (χ1v) is 8.77. The Morgan fingerprint density at radius 2 is 1.92 bits per heavy atom. The van der Waals surface area contributed by atoms with Crippen molar-refractivity contribution >= 4 is 11.7 Å². The van der Waals surface area contributed by atoms with Crippen LogP contribution in [-0.4, -0.2) is 25.4 Å². The van der Waals surface area contributed by atoms with Crippen LogP contribution >= 0.6 is 0 Å². The van der Waals surface area contributed by atoms with Gasteiger partial charge in [-0.25, -0.2) is 0 Å². The Bertz CT molecular complexity index is 798. The van der Waals surface area contributed by atoms with Crippen LogP contribution in [0.15, 0.2) is 42.5 Å². The number of nitrogens with one attached hydrogen (secondary N) is 1. The lowest BCUT2D eigenvalue weighted by Crippen LogP contribution is -2.32. The number of amides is 1. The van der Waals surface area contributed by atoms with Gasteiger partial charge in [-0.15, -0.1) is 0 Å². The van der Waals surface area contributed by atoms with Crippen molar-refractivity contribution in [1.29, 1.82) is 0 Å². The fourth-order valence-electron chi connectivity index (χ4n) is 3.08. The number of ketones is 1. The maximum Gasteiger partial charge on any atom is 0.220 e. The third-order valence-electron chi connectivity index (χ3n) is 4.53. The van der Waals surface area contributed by atoms with Gasteiger partial charge in [-0.3, -0.25) is 9.59 Å². The number of hydrogen-bond donors (Lipinski definition) is 1. The normalized spacial score (nSPS) is 15.5. The molecule has 1 atom stereocenters. The number of methoxy groups -OCH3 is 1. The van der Waals surface area contributed by atoms with E-state index in [1.165, 1.54) is 0 Å². The Hall–Kier alpha value is -2.82. The quantitative estimate of drug-likeness (QED) is 0.806. The molecule has 5 heteroatoms. The third kappa shape index (κ3) is 4.23. The van der Waals surface area contributed by atoms with E-state index >= 15 is 0 Å². The molecule has 0 saturated heterocycles. The number of carbonyl (C=O) groups is 2. The highest BCUT2D eigenvalue weighted by molar-refractivity contribution is 5.98. The Kier molecular flexibility index (Phi) is 5.56. The Morgan fingerprint density at radius 3 is 2.65 bits per heavy atom. The molecule has 1 aliphatic heterocycles. The highest BCUT2D eigenvalue weighted by Crippen LogP contribution is 2.32. The lowest BCUT2D eigenvalue weighted by molar-refractivity contribution is -0.122. The Morgan fingerprint density at radius 1 is 1.15 bits per heavy atom. The molecule has 0 bridgehead atoms. The van der Waals surface area contributed by atoms with Gasteiger partial charge in [0.05, 0.1) is 19.8 Å². The fourth-order valence-corrected chi connectivity index (χ4v) is 3.08. The molecule has 3 rings (SSSR count). The highest BCUT2D eigenvalue weighted by Gasteiger charge is 2.23. The molecule has 1 N–H and O–H groups in total. The van der Waals surface area contributed by atoms with Crippen molar-refractivity contribution in [3.63, 3.8) is 0 Å². The summed E-state index contributed by atoms with van der Waals surface area (Å²) >= 11 is 0. The van der Waals surface area contributed by atoms with Gasteiger partial charge in [0.2, 0.25) is 5.91 Å². The van der Waals surface area contributed by atoms with Gasteiger partial charge in [-0.1, -0.05) is 17.7 Å². The molecular weight excluding hydrogens is 330 g/mol. The smallest absolute Gasteiger partial charge is 0.220 e. The van der Waals surface area contributed by atoms with E-state index in [0.29, 0.717) is 17.9 Å². The van der Waals surface area contributed by atoms with Crippen LogP contribution in [0.4, 0.5) is 0 Å². The molecule has 5 nitrogen and oxygen atoms in total. The maximum absolute atomic E-state index is 12.3. The number of carbonyl (C=O) groups excluding carboxylic acids is 2. The molecule has 0 saturated carbocycles. The molecule has 2 aromatic rings. The minimum atomic E-state index is -0.119. The lowest BCUT2D eigenvalue weighted by Gasteiger charge is -2.27. The predicted molar refractivity (Wildman–Crippen MR) is 98.7 cm³/mol. The van der Waals surface area contributed by atoms with E-state index < -0.39 is 0 Å². The average molecular weight is 353 g/mol. The topological polar surface area (TPSA) is 64.6 Å². The van der Waals surface area contributed by atoms with Crippen molar-refractivity contribution in [2.45, 2.75) is 32.2 Å². The summed E-state index contributed by atoms with van der Waals surface area (Å²) in [5.41, 5.74) is 2.72. The van der Waals surface area contributed by atoms with Crippen LogP contribution in [0, 0.1) is 6.92 Å². The number of benzene rings is 2. The standard InChI is InChI=1S/C21H23NO4/c1-14-3-9-20-17(13-14)18(11-12-26-20)22-21(24)10-8-19(23)15-4-6-16(25-2)7-5-15/h3-7,9,13,18H,8,10-12H2,1-2H3,(H,22,24). The fraction of sp³-hybridized carbons (Fsp3) is 0.333. The van der Waals surface area contributed by atoms with Gasteiger partial charge >= 0.3 is 0 Å². The van der Waals surface area contributed by atoms with Crippen LogP contribution in [0.5, 0.6) is 11.5 Å². The van der Waals surface area contributed by atoms with Gasteiger partial charge in [0.15, 0.2) is 5.78 Å². The first-order chi connectivity index (χ1) is 12.6. The highest BCUT2D eigenvalue weighted by atomic mass is 16.5. The van der Waals surface area contributed by atoms with E-state index in [1.807, 2.05) is 25.1 Å². The molecule has 2 aromatic carbocycles. The molecular formula is C21H23NO4. The molecule has 0 aliphatic carbocycles. The van der Waals surface area contributed by atoms with Gasteiger partial charge in [0.1, 0.15) is 11.5 Å². The van der Waals surface area contributed by atoms with E-state index in [0.717, 1.165) is 23.3 Å². The molecule has 136 valence electrons. The van der Waals surface area contributed by atoms with Gasteiger partial charge in [-0.05, 0) is 37.3 Å². The second kappa shape index (κ2) is 8.04. The molecule has 0 spiro atoms. The minimum absolute atomic E-state index is 0.0500. The second-order valence-corrected chi connectivity index (χ2v) is 6.45. The van der Waals surface area contributed by atoms with Crippen molar-refractivity contribution in [2.75, 3.05) is 13.7 Å². The van der Waals surface area contributed by atoms with Crippen LogP contribution in [-0.2, 0) is 4.79 Å². The summed E-state index contributed by atoms with van der Waals surface area (Å²) in [7, 11) is 1.58. The van der Waals surface area contributed by atoms with Gasteiger partial charge in [0, 0.05) is 30.4 Å². The van der Waals surface area contributed by atoms with Crippen LogP contribution in [0.3, 0.4) is 0 Å². The number of rotatable bonds is 6. The van der Waals surface area contributed by atoms with Crippen molar-refractivity contribution in [3.8, 4) is 11.5 Å². The molecule has 1 aliphatic rings. The first kappa shape index (κ1) is 18.0. The van der Waals surface area contributed by atoms with E-state index in [4.69, 9.17) is 9.47 Å². The Balaban J connectivity index is 1.56. The summed E-state index contributed by atoms with van der Waals surface area (Å²) in [6, 6.07) is 12.8. The van der Waals surface area contributed by atoms with E-state index in [9.17, 15) is 9.59 Å². The summed E-state index contributed by atoms with van der Waals surface area (Å²) in [6.45, 7) is 2.59. The number of ether oxygens (including phenoxy) is 2. The number of fused-ring (bicyclic) bond motifs is 1. The second-order valence-electron chi connectivity index (χ2n) is 6.45. The van der Waals surface area contributed by atoms with Crippen LogP contribution in [0.2, 0.25) is 0 Å². The van der Waals surface area contributed by atoms with Crippen LogP contribution < -0.4 is 14.8 Å². The summed E-state index contributed by atoms with van der Waals surface area (Å²) in [5.74, 6) is 1.35. The summed E-state index contributed by atoms with van der Waals surface area (Å²) in [5, 5.41) is 3.04. The monoisotopic (exact) mass is 353 g/mol. The molecule has 0 fully saturated rings. The van der Waals surface area contributed by atoms with Gasteiger partial charge in [-0.2, -0.15) is 0 Å². The summed E-state index contributed by atoms with van der Waals surface area (Å²) < 4.78 is 10.7. The van der Waals surface area contributed by atoms with Gasteiger partial charge in [0.25, 0.3) is 0 Å². The zero-order valence-corrected chi connectivity index (χ0v) is 15.1. The van der Waals surface area contributed by atoms with E-state index in [1.54, 1.807) is 31.4 Å². The van der Waals surface area contributed by atoms with E-state index in [2.05, 4.69) is 5.32 Å². The van der Waals surface area contributed by atoms with Crippen LogP contribution in [0.25, 0.3) is 0 Å². The molecule has 1 unspecified atom stereocenters. The van der Waals surface area contributed by atoms with Crippen molar-refractivity contribution in [2.24, 2.45) is 0 Å². The summed E-state index contributed by atoms with van der Waals surface area (Å²) in [4.78, 5) is 24.6. The molecule has 0 aromatic heterocycles. The molecule has 26 heavy (non-hydrogen) atoms. The zero-order valence-electron chi connectivity index (χ0n) is 15.1. The molecule has 1 heterocycles. The van der Waals surface area contributed by atoms with E-state index in [-0.39, 0.29) is 30.6 Å². The molecule has 0 radical (unpaired) electrons. The third-order valence-corrected chi connectivity index (χ3v) is 4.53. The number of aryl methyl sites for hydroxylation is 1. The first-order valence-electron chi connectivity index (χ1n) is 8.77. The van der Waals surface area contributed by atoms with Crippen LogP contribution in [0.1, 0.15) is 46.8 Å². The number of hydrogen-bond acceptors (Lipinski definition) is 4. The predicted octanol–water partition coefficient (Wildman–Crippen LogP) is 3.61. The largest absolute Gasteiger partial charge is 0.497 e. The lowest BCUT2D eigenvalue weighted by atomic mass is 9.98. The summed E-state index contributed by atoms with van der Waals surface area (Å²) in [6.07, 6.45) is 1.08. The SMILES string of the molecule is COc1ccc(C(=O)CCC(=O)NC2CCOc3ccc(C)cc32)cc1. The number of Topliss-reactive ketones (excluding diaryl/α,β-unsaturated/α-hetero) is 1. The van der Waals surface area contributed by atoms with Gasteiger partial charge < -0.3 is 14.8 Å².